The normalized spacial score (nSPS) is 11.9. The quantitative estimate of drug-likeness (QED) is 0.591. The number of halogens is 1. The van der Waals surface area contributed by atoms with Crippen LogP contribution in [0.1, 0.15) is 22.0 Å². The molecular weight excluding hydrogens is 358 g/mol. The van der Waals surface area contributed by atoms with Crippen molar-refractivity contribution in [3.05, 3.63) is 68.7 Å². The molecule has 1 N–H and O–H groups in total. The van der Waals surface area contributed by atoms with Gasteiger partial charge in [-0.05, 0) is 43.9 Å². The number of nitro groups is 1. The lowest BCUT2D eigenvalue weighted by atomic mass is 10.1. The van der Waals surface area contributed by atoms with Crippen LogP contribution >= 0.6 is 11.6 Å². The third-order valence-electron chi connectivity index (χ3n) is 3.96. The topological polar surface area (TPSA) is 84.7 Å². The summed E-state index contributed by atoms with van der Waals surface area (Å²) in [6.07, 6.45) is 0. The first-order valence-electron chi connectivity index (χ1n) is 7.86. The van der Waals surface area contributed by atoms with Gasteiger partial charge < -0.3 is 15.0 Å². The van der Waals surface area contributed by atoms with Gasteiger partial charge in [0.1, 0.15) is 10.8 Å². The molecule has 0 aliphatic carbocycles. The summed E-state index contributed by atoms with van der Waals surface area (Å²) in [6.45, 7) is 0.329. The summed E-state index contributed by atoms with van der Waals surface area (Å²) in [5.74, 6) is 0.327. The summed E-state index contributed by atoms with van der Waals surface area (Å²) in [7, 11) is 5.41. The number of likely N-dealkylation sites (N-methyl/N-ethyl adjacent to an activating group) is 1. The van der Waals surface area contributed by atoms with Gasteiger partial charge >= 0.3 is 0 Å². The Morgan fingerprint density at radius 3 is 2.65 bits per heavy atom. The number of hydrogen-bond donors (Lipinski definition) is 1. The molecule has 0 heterocycles. The van der Waals surface area contributed by atoms with Crippen molar-refractivity contribution in [2.45, 2.75) is 6.04 Å². The molecule has 0 unspecified atom stereocenters. The molecule has 0 spiro atoms. The number of amides is 1. The standard InChI is InChI=1S/C18H20ClN3O4/c1-21(2)17(12-5-4-6-14(9-12)26-3)11-20-18(23)13-7-8-15(19)16(10-13)22(24)25/h4-10,17H,11H2,1-3H3,(H,20,23)/t17-/m0/s1. The van der Waals surface area contributed by atoms with Crippen molar-refractivity contribution < 1.29 is 14.5 Å². The van der Waals surface area contributed by atoms with E-state index in [9.17, 15) is 14.9 Å². The maximum absolute atomic E-state index is 12.4. The molecule has 2 aromatic carbocycles. The van der Waals surface area contributed by atoms with E-state index >= 15 is 0 Å². The van der Waals surface area contributed by atoms with Crippen molar-refractivity contribution in [2.75, 3.05) is 27.7 Å². The Morgan fingerprint density at radius 1 is 1.31 bits per heavy atom. The number of nitrogens with one attached hydrogen (secondary N) is 1. The molecule has 0 fully saturated rings. The molecule has 0 saturated carbocycles. The SMILES string of the molecule is COc1cccc([C@H](CNC(=O)c2ccc(Cl)c([N+](=O)[O-])c2)N(C)C)c1. The average molecular weight is 378 g/mol. The first kappa shape index (κ1) is 19.7. The van der Waals surface area contributed by atoms with Gasteiger partial charge in [-0.2, -0.15) is 0 Å². The molecule has 8 heteroatoms. The minimum absolute atomic E-state index is 0.00546. The van der Waals surface area contributed by atoms with Gasteiger partial charge in [-0.3, -0.25) is 14.9 Å². The van der Waals surface area contributed by atoms with Gasteiger partial charge in [0.25, 0.3) is 11.6 Å². The Bertz CT molecular complexity index is 811. The Labute approximate surface area is 156 Å². The molecule has 2 rings (SSSR count). The van der Waals surface area contributed by atoms with E-state index in [1.807, 2.05) is 43.3 Å². The Hall–Kier alpha value is -2.64. The fourth-order valence-electron chi connectivity index (χ4n) is 2.53. The zero-order valence-corrected chi connectivity index (χ0v) is 15.5. The zero-order chi connectivity index (χ0) is 19.3. The molecule has 138 valence electrons. The lowest BCUT2D eigenvalue weighted by molar-refractivity contribution is -0.384. The Kier molecular flexibility index (Phi) is 6.54. The Morgan fingerprint density at radius 2 is 2.04 bits per heavy atom. The van der Waals surface area contributed by atoms with Crippen molar-refractivity contribution in [1.29, 1.82) is 0 Å². The molecule has 0 aromatic heterocycles. The molecule has 1 amide bonds. The second-order valence-corrected chi connectivity index (χ2v) is 6.30. The van der Waals surface area contributed by atoms with Gasteiger partial charge in [0.2, 0.25) is 0 Å². The van der Waals surface area contributed by atoms with Crippen LogP contribution in [-0.4, -0.2) is 43.5 Å². The van der Waals surface area contributed by atoms with E-state index in [-0.39, 0.29) is 22.3 Å². The van der Waals surface area contributed by atoms with Crippen molar-refractivity contribution in [3.8, 4) is 5.75 Å². The zero-order valence-electron chi connectivity index (χ0n) is 14.7. The fraction of sp³-hybridized carbons (Fsp3) is 0.278. The van der Waals surface area contributed by atoms with Crippen LogP contribution in [0.25, 0.3) is 0 Å². The number of carbonyl (C=O) groups is 1. The minimum atomic E-state index is -0.613. The molecule has 0 aliphatic heterocycles. The highest BCUT2D eigenvalue weighted by Crippen LogP contribution is 2.25. The van der Waals surface area contributed by atoms with Crippen LogP contribution in [-0.2, 0) is 0 Å². The maximum Gasteiger partial charge on any atom is 0.288 e. The number of nitrogens with zero attached hydrogens (tertiary/aromatic N) is 2. The van der Waals surface area contributed by atoms with Crippen molar-refractivity contribution in [2.24, 2.45) is 0 Å². The average Bonchev–Trinajstić information content (AvgIpc) is 2.61. The molecule has 0 radical (unpaired) electrons. The third kappa shape index (κ3) is 4.71. The highest BCUT2D eigenvalue weighted by molar-refractivity contribution is 6.32. The largest absolute Gasteiger partial charge is 0.497 e. The van der Waals surface area contributed by atoms with Crippen LogP contribution in [0.4, 0.5) is 5.69 Å². The van der Waals surface area contributed by atoms with E-state index in [0.29, 0.717) is 6.54 Å². The number of methoxy groups -OCH3 is 1. The third-order valence-corrected chi connectivity index (χ3v) is 4.28. The molecule has 7 nitrogen and oxygen atoms in total. The fourth-order valence-corrected chi connectivity index (χ4v) is 2.72. The van der Waals surface area contributed by atoms with Crippen LogP contribution < -0.4 is 10.1 Å². The number of rotatable bonds is 7. The molecule has 0 saturated heterocycles. The summed E-state index contributed by atoms with van der Waals surface area (Å²) >= 11 is 5.78. The monoisotopic (exact) mass is 377 g/mol. The van der Waals surface area contributed by atoms with Crippen LogP contribution in [0.3, 0.4) is 0 Å². The molecule has 26 heavy (non-hydrogen) atoms. The first-order chi connectivity index (χ1) is 12.3. The summed E-state index contributed by atoms with van der Waals surface area (Å²) < 4.78 is 5.24. The Balaban J connectivity index is 2.15. The molecule has 2 aromatic rings. The van der Waals surface area contributed by atoms with Crippen molar-refractivity contribution in [3.63, 3.8) is 0 Å². The number of carbonyl (C=O) groups excluding carboxylic acids is 1. The van der Waals surface area contributed by atoms with Crippen LogP contribution in [0.5, 0.6) is 5.75 Å². The predicted molar refractivity (Wildman–Crippen MR) is 99.9 cm³/mol. The van der Waals surface area contributed by atoms with E-state index in [4.69, 9.17) is 16.3 Å². The lowest BCUT2D eigenvalue weighted by Gasteiger charge is -2.25. The summed E-state index contributed by atoms with van der Waals surface area (Å²) in [6, 6.07) is 11.5. The van der Waals surface area contributed by atoms with E-state index in [2.05, 4.69) is 5.32 Å². The molecule has 0 bridgehead atoms. The predicted octanol–water partition coefficient (Wildman–Crippen LogP) is 3.29. The first-order valence-corrected chi connectivity index (χ1v) is 8.23. The van der Waals surface area contributed by atoms with Crippen molar-refractivity contribution in [1.82, 2.24) is 10.2 Å². The van der Waals surface area contributed by atoms with Crippen molar-refractivity contribution >= 4 is 23.2 Å². The lowest BCUT2D eigenvalue weighted by Crippen LogP contribution is -2.34. The highest BCUT2D eigenvalue weighted by atomic mass is 35.5. The molecule has 0 aliphatic rings. The second-order valence-electron chi connectivity index (χ2n) is 5.89. The van der Waals surface area contributed by atoms with Gasteiger partial charge in [-0.15, -0.1) is 0 Å². The van der Waals surface area contributed by atoms with E-state index in [0.717, 1.165) is 11.3 Å². The summed E-state index contributed by atoms with van der Waals surface area (Å²) in [4.78, 5) is 24.7. The second kappa shape index (κ2) is 8.64. The summed E-state index contributed by atoms with van der Waals surface area (Å²) in [5.41, 5.74) is 0.872. The van der Waals surface area contributed by atoms with Gasteiger partial charge in [-0.25, -0.2) is 0 Å². The van der Waals surface area contributed by atoms with Gasteiger partial charge in [0.15, 0.2) is 0 Å². The van der Waals surface area contributed by atoms with Gasteiger partial charge in [0.05, 0.1) is 18.1 Å². The number of benzene rings is 2. The molecular formula is C18H20ClN3O4. The van der Waals surface area contributed by atoms with Crippen LogP contribution in [0.15, 0.2) is 42.5 Å². The van der Waals surface area contributed by atoms with E-state index < -0.39 is 10.8 Å². The number of hydrogen-bond acceptors (Lipinski definition) is 5. The molecule has 1 atom stereocenters. The summed E-state index contributed by atoms with van der Waals surface area (Å²) in [5, 5.41) is 13.8. The van der Waals surface area contributed by atoms with Crippen LogP contribution in [0.2, 0.25) is 5.02 Å². The smallest absolute Gasteiger partial charge is 0.288 e. The van der Waals surface area contributed by atoms with Gasteiger partial charge in [-0.1, -0.05) is 23.7 Å². The number of nitro benzene ring substituents is 1. The minimum Gasteiger partial charge on any atom is -0.497 e. The van der Waals surface area contributed by atoms with Crippen LogP contribution in [0, 0.1) is 10.1 Å². The van der Waals surface area contributed by atoms with E-state index in [1.54, 1.807) is 7.11 Å². The van der Waals surface area contributed by atoms with Gasteiger partial charge in [0, 0.05) is 18.2 Å². The number of ether oxygens (including phenoxy) is 1. The van der Waals surface area contributed by atoms with E-state index in [1.165, 1.54) is 18.2 Å². The maximum atomic E-state index is 12.4. The highest BCUT2D eigenvalue weighted by Gasteiger charge is 2.19.